The maximum Gasteiger partial charge on any atom is 0.281 e. The molecule has 0 heterocycles. The Morgan fingerprint density at radius 1 is 0.947 bits per heavy atom. The fourth-order valence-corrected chi connectivity index (χ4v) is 2.65. The third kappa shape index (κ3) is 7.84. The van der Waals surface area contributed by atoms with Gasteiger partial charge in [0.15, 0.2) is 0 Å². The van der Waals surface area contributed by atoms with Gasteiger partial charge in [0.2, 0.25) is 0 Å². The van der Waals surface area contributed by atoms with E-state index >= 15 is 0 Å². The number of nitrogens with one attached hydrogen (secondary N) is 1. The number of nitrogens with zero attached hydrogens (tertiary/aromatic N) is 3. The van der Waals surface area contributed by atoms with E-state index in [0.717, 1.165) is 19.5 Å². The lowest BCUT2D eigenvalue weighted by Gasteiger charge is -2.25. The molecular formula is C12H30N4O2S. The number of likely N-dealkylation sites (N-methyl/N-ethyl adjacent to an activating group) is 2. The Labute approximate surface area is 118 Å². The van der Waals surface area contributed by atoms with E-state index in [1.165, 1.54) is 8.61 Å². The Balaban J connectivity index is 4.16. The fraction of sp³-hybridized carbons (Fsp3) is 1.00. The van der Waals surface area contributed by atoms with Crippen molar-refractivity contribution in [3.8, 4) is 0 Å². The zero-order valence-electron chi connectivity index (χ0n) is 13.2. The molecule has 0 aliphatic carbocycles. The van der Waals surface area contributed by atoms with E-state index in [1.807, 2.05) is 19.0 Å². The van der Waals surface area contributed by atoms with Crippen LogP contribution in [0, 0.1) is 0 Å². The molecule has 0 radical (unpaired) electrons. The molecule has 6 nitrogen and oxygen atoms in total. The summed E-state index contributed by atoms with van der Waals surface area (Å²) in [6.07, 6.45) is 0.815. The van der Waals surface area contributed by atoms with Gasteiger partial charge in [-0.3, -0.25) is 0 Å². The normalized spacial score (nSPS) is 13.2. The molecule has 0 amide bonds. The van der Waals surface area contributed by atoms with Crippen LogP contribution < -0.4 is 5.32 Å². The number of hydrogen-bond acceptors (Lipinski definition) is 4. The molecule has 0 aromatic rings. The summed E-state index contributed by atoms with van der Waals surface area (Å²) in [5, 5.41) is 3.28. The highest BCUT2D eigenvalue weighted by Crippen LogP contribution is 2.04. The molecule has 0 bridgehead atoms. The first-order chi connectivity index (χ1) is 8.67. The van der Waals surface area contributed by atoms with Crippen molar-refractivity contribution >= 4 is 10.2 Å². The first-order valence-corrected chi connectivity index (χ1v) is 8.13. The second kappa shape index (κ2) is 8.86. The van der Waals surface area contributed by atoms with Crippen LogP contribution in [0.15, 0.2) is 0 Å². The van der Waals surface area contributed by atoms with Crippen LogP contribution in [0.3, 0.4) is 0 Å². The molecule has 0 unspecified atom stereocenters. The van der Waals surface area contributed by atoms with Crippen molar-refractivity contribution in [3.05, 3.63) is 0 Å². The Morgan fingerprint density at radius 3 is 1.95 bits per heavy atom. The third-order valence-electron chi connectivity index (χ3n) is 2.85. The number of hydrogen-bond donors (Lipinski definition) is 1. The minimum atomic E-state index is -3.32. The minimum absolute atomic E-state index is 0.435. The second-order valence-corrected chi connectivity index (χ2v) is 7.56. The lowest BCUT2D eigenvalue weighted by Crippen LogP contribution is -2.43. The Morgan fingerprint density at radius 2 is 1.47 bits per heavy atom. The number of rotatable bonds is 10. The summed E-state index contributed by atoms with van der Waals surface area (Å²) in [6.45, 7) is 6.75. The lowest BCUT2D eigenvalue weighted by molar-refractivity contribution is 0.337. The van der Waals surface area contributed by atoms with Gasteiger partial charge in [0, 0.05) is 39.8 Å². The standard InChI is InChI=1S/C12H30N4O2S/c1-12(2)13-8-7-9-15(5)19(17,18)16(6)11-10-14(3)4/h12-13H,7-11H2,1-6H3. The molecule has 0 rings (SSSR count). The maximum atomic E-state index is 12.2. The summed E-state index contributed by atoms with van der Waals surface area (Å²) in [7, 11) is 3.80. The van der Waals surface area contributed by atoms with Gasteiger partial charge in [-0.05, 0) is 27.1 Å². The van der Waals surface area contributed by atoms with Crippen LogP contribution in [0.1, 0.15) is 20.3 Å². The van der Waals surface area contributed by atoms with Gasteiger partial charge >= 0.3 is 0 Å². The Kier molecular flexibility index (Phi) is 8.76. The van der Waals surface area contributed by atoms with E-state index in [2.05, 4.69) is 19.2 Å². The molecule has 0 aliphatic rings. The SMILES string of the molecule is CC(C)NCCCN(C)S(=O)(=O)N(C)CCN(C)C. The first-order valence-electron chi connectivity index (χ1n) is 6.73. The van der Waals surface area contributed by atoms with Gasteiger partial charge in [0.25, 0.3) is 10.2 Å². The van der Waals surface area contributed by atoms with Gasteiger partial charge in [-0.15, -0.1) is 0 Å². The van der Waals surface area contributed by atoms with E-state index in [4.69, 9.17) is 0 Å². The van der Waals surface area contributed by atoms with Gasteiger partial charge in [-0.2, -0.15) is 17.0 Å². The molecule has 0 saturated heterocycles. The first kappa shape index (κ1) is 18.8. The van der Waals surface area contributed by atoms with Crippen LogP contribution >= 0.6 is 0 Å². The molecule has 0 aromatic heterocycles. The van der Waals surface area contributed by atoms with Crippen molar-refractivity contribution < 1.29 is 8.42 Å². The lowest BCUT2D eigenvalue weighted by atomic mass is 10.3. The van der Waals surface area contributed by atoms with Gasteiger partial charge in [-0.1, -0.05) is 13.8 Å². The Hall–Kier alpha value is -0.210. The molecule has 0 spiro atoms. The molecule has 0 atom stereocenters. The average molecular weight is 294 g/mol. The minimum Gasteiger partial charge on any atom is -0.314 e. The van der Waals surface area contributed by atoms with Gasteiger partial charge in [-0.25, -0.2) is 0 Å². The third-order valence-corrected chi connectivity index (χ3v) is 4.79. The largest absolute Gasteiger partial charge is 0.314 e. The van der Waals surface area contributed by atoms with E-state index in [9.17, 15) is 8.42 Å². The summed E-state index contributed by atoms with van der Waals surface area (Å²) < 4.78 is 27.2. The van der Waals surface area contributed by atoms with E-state index in [-0.39, 0.29) is 0 Å². The predicted molar refractivity (Wildman–Crippen MR) is 80.5 cm³/mol. The fourth-order valence-electron chi connectivity index (χ4n) is 1.50. The Bertz CT molecular complexity index is 331. The molecule has 0 aromatic carbocycles. The monoisotopic (exact) mass is 294 g/mol. The highest BCUT2D eigenvalue weighted by atomic mass is 32.2. The average Bonchev–Trinajstić information content (AvgIpc) is 2.30. The van der Waals surface area contributed by atoms with Crippen LogP contribution in [0.2, 0.25) is 0 Å². The summed E-state index contributed by atoms with van der Waals surface area (Å²) in [5.74, 6) is 0. The van der Waals surface area contributed by atoms with Gasteiger partial charge in [0.05, 0.1) is 0 Å². The quantitative estimate of drug-likeness (QED) is 0.578. The summed E-state index contributed by atoms with van der Waals surface area (Å²) in [6, 6.07) is 0.435. The maximum absolute atomic E-state index is 12.2. The molecule has 7 heteroatoms. The van der Waals surface area contributed by atoms with Crippen LogP contribution in [0.5, 0.6) is 0 Å². The highest BCUT2D eigenvalue weighted by molar-refractivity contribution is 7.86. The summed E-state index contributed by atoms with van der Waals surface area (Å²) in [4.78, 5) is 1.97. The second-order valence-electron chi connectivity index (χ2n) is 5.42. The molecule has 1 N–H and O–H groups in total. The highest BCUT2D eigenvalue weighted by Gasteiger charge is 2.22. The molecular weight excluding hydrogens is 264 g/mol. The van der Waals surface area contributed by atoms with Crippen molar-refractivity contribution in [1.82, 2.24) is 18.8 Å². The van der Waals surface area contributed by atoms with Crippen molar-refractivity contribution in [3.63, 3.8) is 0 Å². The van der Waals surface area contributed by atoms with Crippen LogP contribution in [-0.2, 0) is 10.2 Å². The molecule has 0 fully saturated rings. The molecule has 116 valence electrons. The van der Waals surface area contributed by atoms with Crippen LogP contribution in [0.4, 0.5) is 0 Å². The topological polar surface area (TPSA) is 55.9 Å². The van der Waals surface area contributed by atoms with Crippen molar-refractivity contribution in [2.45, 2.75) is 26.3 Å². The molecule has 0 aliphatic heterocycles. The predicted octanol–water partition coefficient (Wildman–Crippen LogP) is 0.0445. The van der Waals surface area contributed by atoms with Crippen molar-refractivity contribution in [2.24, 2.45) is 0 Å². The summed E-state index contributed by atoms with van der Waals surface area (Å²) in [5.41, 5.74) is 0. The van der Waals surface area contributed by atoms with Crippen molar-refractivity contribution in [1.29, 1.82) is 0 Å². The van der Waals surface area contributed by atoms with E-state index in [0.29, 0.717) is 19.1 Å². The molecule has 0 saturated carbocycles. The zero-order chi connectivity index (χ0) is 15.1. The molecule has 19 heavy (non-hydrogen) atoms. The van der Waals surface area contributed by atoms with Gasteiger partial charge in [0.1, 0.15) is 0 Å². The van der Waals surface area contributed by atoms with Crippen LogP contribution in [0.25, 0.3) is 0 Å². The van der Waals surface area contributed by atoms with E-state index in [1.54, 1.807) is 14.1 Å². The summed E-state index contributed by atoms with van der Waals surface area (Å²) >= 11 is 0. The zero-order valence-corrected chi connectivity index (χ0v) is 14.0. The van der Waals surface area contributed by atoms with E-state index < -0.39 is 10.2 Å². The van der Waals surface area contributed by atoms with Crippen molar-refractivity contribution in [2.75, 3.05) is 54.4 Å². The van der Waals surface area contributed by atoms with Crippen LogP contribution in [-0.4, -0.2) is 82.3 Å². The smallest absolute Gasteiger partial charge is 0.281 e. The van der Waals surface area contributed by atoms with Gasteiger partial charge < -0.3 is 10.2 Å².